The molecule has 0 aliphatic carbocycles. The van der Waals surface area contributed by atoms with Crippen LogP contribution in [0, 0.1) is 0 Å². The van der Waals surface area contributed by atoms with Gasteiger partial charge in [-0.2, -0.15) is 0 Å². The lowest BCUT2D eigenvalue weighted by atomic mass is 9.95. The summed E-state index contributed by atoms with van der Waals surface area (Å²) < 4.78 is 0. The van der Waals surface area contributed by atoms with Crippen LogP contribution in [-0.4, -0.2) is 81.8 Å². The van der Waals surface area contributed by atoms with Crippen molar-refractivity contribution in [1.82, 2.24) is 15.5 Å². The van der Waals surface area contributed by atoms with Crippen LogP contribution in [0.25, 0.3) is 11.1 Å². The fraction of sp³-hybridized carbons (Fsp3) is 0.464. The van der Waals surface area contributed by atoms with E-state index in [0.29, 0.717) is 24.2 Å². The molecule has 0 radical (unpaired) electrons. The number of hydrogen-bond donors (Lipinski definition) is 7. The van der Waals surface area contributed by atoms with Crippen LogP contribution < -0.4 is 22.1 Å². The molecule has 0 aromatic heterocycles. The van der Waals surface area contributed by atoms with Gasteiger partial charge in [0.1, 0.15) is 23.6 Å². The summed E-state index contributed by atoms with van der Waals surface area (Å²) in [4.78, 5) is 41.8. The van der Waals surface area contributed by atoms with E-state index in [2.05, 4.69) is 10.6 Å². The van der Waals surface area contributed by atoms with E-state index in [0.717, 1.165) is 30.4 Å². The first kappa shape index (κ1) is 28.3. The first-order valence-corrected chi connectivity index (χ1v) is 13.3. The summed E-state index contributed by atoms with van der Waals surface area (Å²) in [6.45, 7) is 0.992. The van der Waals surface area contributed by atoms with E-state index in [1.165, 1.54) is 12.1 Å². The quantitative estimate of drug-likeness (QED) is 0.280. The number of aromatic hydroxyl groups is 2. The maximum absolute atomic E-state index is 13.6. The Balaban J connectivity index is 1.78. The van der Waals surface area contributed by atoms with Gasteiger partial charge < -0.3 is 42.3 Å². The average Bonchev–Trinajstić information content (AvgIpc) is 2.94. The number of aliphatic hydroxyl groups excluding tert-OH is 1. The largest absolute Gasteiger partial charge is 0.508 e. The Hall–Kier alpha value is -3.67. The molecule has 0 spiro atoms. The molecule has 1 fully saturated rings. The van der Waals surface area contributed by atoms with E-state index < -0.39 is 36.0 Å². The van der Waals surface area contributed by atoms with Crippen LogP contribution in [0.15, 0.2) is 36.4 Å². The number of hydrogen-bond acceptors (Lipinski definition) is 8. The van der Waals surface area contributed by atoms with Gasteiger partial charge in [0.15, 0.2) is 0 Å². The number of aliphatic hydroxyl groups is 1. The fourth-order valence-corrected chi connectivity index (χ4v) is 5.09. The number of nitrogens with zero attached hydrogens (tertiary/aromatic N) is 1. The van der Waals surface area contributed by atoms with Crippen molar-refractivity contribution in [2.24, 2.45) is 11.5 Å². The number of carbonyl (C=O) groups excluding carboxylic acids is 3. The van der Waals surface area contributed by atoms with Crippen molar-refractivity contribution in [1.29, 1.82) is 0 Å². The summed E-state index contributed by atoms with van der Waals surface area (Å²) in [6, 6.07) is 6.56. The second-order valence-corrected chi connectivity index (χ2v) is 10.3. The Bertz CT molecular complexity index is 1210. The molecule has 2 heterocycles. The van der Waals surface area contributed by atoms with E-state index in [4.69, 9.17) is 11.5 Å². The summed E-state index contributed by atoms with van der Waals surface area (Å²) in [6.07, 6.45) is 1.45. The van der Waals surface area contributed by atoms with Crippen LogP contribution in [0.5, 0.6) is 11.5 Å². The van der Waals surface area contributed by atoms with Gasteiger partial charge in [0, 0.05) is 38.9 Å². The molecule has 1 saturated heterocycles. The molecule has 2 aliphatic rings. The number of carbonyl (C=O) groups is 3. The third kappa shape index (κ3) is 6.86. The third-order valence-corrected chi connectivity index (χ3v) is 7.39. The van der Waals surface area contributed by atoms with E-state index in [-0.39, 0.29) is 43.2 Å². The lowest BCUT2D eigenvalue weighted by Crippen LogP contribution is -2.58. The van der Waals surface area contributed by atoms with Crippen molar-refractivity contribution in [3.63, 3.8) is 0 Å². The molecular formula is C28H37N5O6. The van der Waals surface area contributed by atoms with E-state index in [1.54, 1.807) is 29.2 Å². The average molecular weight is 540 g/mol. The van der Waals surface area contributed by atoms with Crippen LogP contribution in [0.3, 0.4) is 0 Å². The van der Waals surface area contributed by atoms with E-state index in [1.807, 2.05) is 0 Å². The van der Waals surface area contributed by atoms with Gasteiger partial charge in [0.05, 0.1) is 12.1 Å². The molecule has 210 valence electrons. The predicted molar refractivity (Wildman–Crippen MR) is 145 cm³/mol. The summed E-state index contributed by atoms with van der Waals surface area (Å²) in [7, 11) is 0. The minimum absolute atomic E-state index is 0.00527. The molecule has 2 aliphatic heterocycles. The van der Waals surface area contributed by atoms with Crippen LogP contribution in [0.1, 0.15) is 36.8 Å². The van der Waals surface area contributed by atoms with E-state index in [9.17, 15) is 29.7 Å². The Morgan fingerprint density at radius 2 is 1.51 bits per heavy atom. The topological polar surface area (TPSA) is 191 Å². The zero-order valence-corrected chi connectivity index (χ0v) is 21.8. The van der Waals surface area contributed by atoms with Gasteiger partial charge in [-0.15, -0.1) is 0 Å². The standard InChI is InChI=1S/C28H37N5O6/c29-15-20(34)14-22-27(38)32-23(28(39)33-8-2-1-3-9-33)13-19-11-17(5-7-25(19)36)16-4-6-24(35)18(10-16)12-21(30)26(37)31-22/h4-7,10-11,20-23,34-36H,1-3,8-9,12-15,29-30H2,(H,31,37)(H,32,38)/t20-,21+,22-,23-/m1/s1. The molecule has 4 atom stereocenters. The van der Waals surface area contributed by atoms with Gasteiger partial charge in [-0.3, -0.25) is 14.4 Å². The van der Waals surface area contributed by atoms with Crippen LogP contribution in [0.2, 0.25) is 0 Å². The molecule has 0 unspecified atom stereocenters. The molecular weight excluding hydrogens is 502 g/mol. The number of amides is 3. The number of piperidine rings is 1. The highest BCUT2D eigenvalue weighted by molar-refractivity contribution is 5.93. The monoisotopic (exact) mass is 539 g/mol. The summed E-state index contributed by atoms with van der Waals surface area (Å²) in [5.41, 5.74) is 14.0. The fourth-order valence-electron chi connectivity index (χ4n) is 5.09. The number of rotatable bonds is 4. The molecule has 39 heavy (non-hydrogen) atoms. The molecule has 11 heteroatoms. The summed E-state index contributed by atoms with van der Waals surface area (Å²) >= 11 is 0. The molecule has 2 aromatic rings. The Morgan fingerprint density at radius 3 is 2.10 bits per heavy atom. The van der Waals surface area contributed by atoms with Gasteiger partial charge in [0.25, 0.3) is 0 Å². The molecule has 11 nitrogen and oxygen atoms in total. The van der Waals surface area contributed by atoms with Crippen LogP contribution >= 0.6 is 0 Å². The number of likely N-dealkylation sites (tertiary alicyclic amines) is 1. The number of fused-ring (bicyclic) bond motifs is 5. The Kier molecular flexibility index (Phi) is 9.05. The van der Waals surface area contributed by atoms with Crippen molar-refractivity contribution >= 4 is 17.7 Å². The minimum Gasteiger partial charge on any atom is -0.508 e. The predicted octanol–water partition coefficient (Wildman–Crippen LogP) is -0.117. The maximum atomic E-state index is 13.6. The summed E-state index contributed by atoms with van der Waals surface area (Å²) in [5.74, 6) is -1.68. The van der Waals surface area contributed by atoms with Crippen molar-refractivity contribution in [2.45, 2.75) is 62.8 Å². The third-order valence-electron chi connectivity index (χ3n) is 7.39. The number of phenols is 2. The van der Waals surface area contributed by atoms with Gasteiger partial charge in [0.2, 0.25) is 17.7 Å². The first-order chi connectivity index (χ1) is 18.7. The molecule has 9 N–H and O–H groups in total. The number of nitrogens with two attached hydrogens (primary N) is 2. The number of phenolic OH excluding ortho intramolecular Hbond substituents is 2. The second kappa shape index (κ2) is 12.5. The van der Waals surface area contributed by atoms with Gasteiger partial charge in [-0.25, -0.2) is 0 Å². The lowest BCUT2D eigenvalue weighted by Gasteiger charge is -2.32. The van der Waals surface area contributed by atoms with Crippen LogP contribution in [-0.2, 0) is 27.2 Å². The maximum Gasteiger partial charge on any atom is 0.245 e. The second-order valence-electron chi connectivity index (χ2n) is 10.3. The minimum atomic E-state index is -1.22. The molecule has 0 saturated carbocycles. The van der Waals surface area contributed by atoms with Gasteiger partial charge in [-0.1, -0.05) is 12.1 Å². The Morgan fingerprint density at radius 1 is 0.923 bits per heavy atom. The highest BCUT2D eigenvalue weighted by Gasteiger charge is 2.33. The molecule has 3 amide bonds. The highest BCUT2D eigenvalue weighted by atomic mass is 16.3. The van der Waals surface area contributed by atoms with Gasteiger partial charge >= 0.3 is 0 Å². The summed E-state index contributed by atoms with van der Waals surface area (Å²) in [5, 5.41) is 36.7. The van der Waals surface area contributed by atoms with Crippen molar-refractivity contribution < 1.29 is 29.7 Å². The zero-order chi connectivity index (χ0) is 28.1. The van der Waals surface area contributed by atoms with Crippen LogP contribution in [0.4, 0.5) is 0 Å². The van der Waals surface area contributed by atoms with Crippen molar-refractivity contribution in [2.75, 3.05) is 19.6 Å². The highest BCUT2D eigenvalue weighted by Crippen LogP contribution is 2.31. The Labute approximate surface area is 227 Å². The SMILES string of the molecule is NC[C@H](O)C[C@H]1NC(=O)[C@@H](N)Cc2cc(ccc2O)-c2ccc(O)c(c2)C[C@H](C(=O)N2CCCCC2)NC1=O. The molecule has 4 rings (SSSR count). The smallest absolute Gasteiger partial charge is 0.245 e. The van der Waals surface area contributed by atoms with Crippen molar-refractivity contribution in [3.05, 3.63) is 47.5 Å². The normalized spacial score (nSPS) is 23.2. The number of nitrogens with one attached hydrogen (secondary N) is 2. The van der Waals surface area contributed by atoms with E-state index >= 15 is 0 Å². The first-order valence-electron chi connectivity index (χ1n) is 13.3. The number of benzene rings is 2. The molecule has 2 aromatic carbocycles. The lowest BCUT2D eigenvalue weighted by molar-refractivity contribution is -0.138. The van der Waals surface area contributed by atoms with Gasteiger partial charge in [-0.05, 0) is 65.8 Å². The van der Waals surface area contributed by atoms with Crippen molar-refractivity contribution in [3.8, 4) is 22.6 Å². The molecule has 4 bridgehead atoms. The zero-order valence-electron chi connectivity index (χ0n) is 21.8.